The van der Waals surface area contributed by atoms with Crippen molar-refractivity contribution in [1.29, 1.82) is 0 Å². The number of benzene rings is 1. The van der Waals surface area contributed by atoms with Gasteiger partial charge in [-0.3, -0.25) is 14.8 Å². The SMILES string of the molecule is Cc1ccc(OCC(O)Cn2nc(C)c([N+](=O)[O-])c2C)c(C)c1. The van der Waals surface area contributed by atoms with Gasteiger partial charge in [-0.15, -0.1) is 0 Å². The average Bonchev–Trinajstić information content (AvgIpc) is 2.72. The molecule has 0 saturated heterocycles. The Hall–Kier alpha value is -2.41. The van der Waals surface area contributed by atoms with Gasteiger partial charge in [-0.1, -0.05) is 17.7 Å². The molecule has 0 radical (unpaired) electrons. The van der Waals surface area contributed by atoms with Crippen LogP contribution in [0.2, 0.25) is 0 Å². The van der Waals surface area contributed by atoms with Crippen molar-refractivity contribution in [2.24, 2.45) is 0 Å². The molecule has 1 aromatic heterocycles. The molecule has 1 heterocycles. The normalized spacial score (nSPS) is 12.2. The largest absolute Gasteiger partial charge is 0.491 e. The lowest BCUT2D eigenvalue weighted by atomic mass is 10.1. The monoisotopic (exact) mass is 319 g/mol. The van der Waals surface area contributed by atoms with E-state index in [0.29, 0.717) is 17.1 Å². The molecule has 7 heteroatoms. The van der Waals surface area contributed by atoms with Gasteiger partial charge in [-0.2, -0.15) is 5.10 Å². The van der Waals surface area contributed by atoms with E-state index in [0.717, 1.165) is 11.1 Å². The Bertz CT molecular complexity index is 724. The van der Waals surface area contributed by atoms with Crippen LogP contribution in [0.5, 0.6) is 5.75 Å². The fourth-order valence-corrected chi connectivity index (χ4v) is 2.53. The molecule has 23 heavy (non-hydrogen) atoms. The maximum Gasteiger partial charge on any atom is 0.312 e. The van der Waals surface area contributed by atoms with E-state index >= 15 is 0 Å². The summed E-state index contributed by atoms with van der Waals surface area (Å²) in [6, 6.07) is 5.82. The first-order chi connectivity index (χ1) is 10.8. The fourth-order valence-electron chi connectivity index (χ4n) is 2.53. The van der Waals surface area contributed by atoms with Crippen molar-refractivity contribution in [2.75, 3.05) is 6.61 Å². The molecule has 0 aliphatic heterocycles. The smallest absolute Gasteiger partial charge is 0.312 e. The van der Waals surface area contributed by atoms with Gasteiger partial charge in [-0.05, 0) is 39.3 Å². The van der Waals surface area contributed by atoms with Gasteiger partial charge in [-0.25, -0.2) is 0 Å². The minimum Gasteiger partial charge on any atom is -0.491 e. The number of hydrogen-bond donors (Lipinski definition) is 1. The van der Waals surface area contributed by atoms with Crippen LogP contribution in [0, 0.1) is 37.8 Å². The molecule has 0 aliphatic rings. The number of nitrogens with zero attached hydrogens (tertiary/aromatic N) is 3. The van der Waals surface area contributed by atoms with Crippen LogP contribution in [-0.2, 0) is 6.54 Å². The molecule has 1 aromatic carbocycles. The second-order valence-electron chi connectivity index (χ2n) is 5.69. The number of ether oxygens (including phenoxy) is 1. The minimum absolute atomic E-state index is 0.00695. The molecule has 2 rings (SSSR count). The summed E-state index contributed by atoms with van der Waals surface area (Å²) >= 11 is 0. The second kappa shape index (κ2) is 6.78. The van der Waals surface area contributed by atoms with Gasteiger partial charge in [0.15, 0.2) is 0 Å². The lowest BCUT2D eigenvalue weighted by molar-refractivity contribution is -0.386. The first-order valence-electron chi connectivity index (χ1n) is 7.36. The van der Waals surface area contributed by atoms with Gasteiger partial charge in [0.25, 0.3) is 0 Å². The Morgan fingerprint density at radius 2 is 2.04 bits per heavy atom. The van der Waals surface area contributed by atoms with Gasteiger partial charge in [0.2, 0.25) is 0 Å². The average molecular weight is 319 g/mol. The highest BCUT2D eigenvalue weighted by Crippen LogP contribution is 2.22. The van der Waals surface area contributed by atoms with E-state index < -0.39 is 11.0 Å². The molecule has 0 fully saturated rings. The van der Waals surface area contributed by atoms with Crippen molar-refractivity contribution in [3.63, 3.8) is 0 Å². The predicted octanol–water partition coefficient (Wildman–Crippen LogP) is 2.46. The topological polar surface area (TPSA) is 90.4 Å². The number of aliphatic hydroxyl groups is 1. The fraction of sp³-hybridized carbons (Fsp3) is 0.438. The molecule has 7 nitrogen and oxygen atoms in total. The van der Waals surface area contributed by atoms with Crippen LogP contribution in [-0.4, -0.2) is 32.5 Å². The third kappa shape index (κ3) is 3.87. The summed E-state index contributed by atoms with van der Waals surface area (Å²) in [7, 11) is 0. The summed E-state index contributed by atoms with van der Waals surface area (Å²) < 4.78 is 7.07. The van der Waals surface area contributed by atoms with Crippen LogP contribution in [0.1, 0.15) is 22.5 Å². The molecule has 0 amide bonds. The first kappa shape index (κ1) is 17.0. The summed E-state index contributed by atoms with van der Waals surface area (Å²) in [5.41, 5.74) is 2.91. The van der Waals surface area contributed by atoms with Crippen LogP contribution >= 0.6 is 0 Å². The quantitative estimate of drug-likeness (QED) is 0.652. The van der Waals surface area contributed by atoms with Crippen LogP contribution in [0.25, 0.3) is 0 Å². The maximum atomic E-state index is 11.0. The minimum atomic E-state index is -0.812. The summed E-state index contributed by atoms with van der Waals surface area (Å²) in [6.07, 6.45) is -0.812. The molecular weight excluding hydrogens is 298 g/mol. The third-order valence-electron chi connectivity index (χ3n) is 3.67. The Balaban J connectivity index is 2.01. The van der Waals surface area contributed by atoms with Crippen molar-refractivity contribution in [1.82, 2.24) is 9.78 Å². The molecule has 2 aromatic rings. The van der Waals surface area contributed by atoms with E-state index in [1.54, 1.807) is 13.8 Å². The van der Waals surface area contributed by atoms with E-state index in [1.807, 2.05) is 32.0 Å². The van der Waals surface area contributed by atoms with Crippen molar-refractivity contribution < 1.29 is 14.8 Å². The Kier molecular flexibility index (Phi) is 5.00. The number of aromatic nitrogens is 2. The van der Waals surface area contributed by atoms with Gasteiger partial charge >= 0.3 is 5.69 Å². The number of nitro groups is 1. The van der Waals surface area contributed by atoms with Gasteiger partial charge in [0, 0.05) is 0 Å². The van der Waals surface area contributed by atoms with E-state index in [2.05, 4.69) is 5.10 Å². The van der Waals surface area contributed by atoms with Gasteiger partial charge in [0.1, 0.15) is 29.8 Å². The number of aliphatic hydroxyl groups excluding tert-OH is 1. The Morgan fingerprint density at radius 1 is 1.35 bits per heavy atom. The zero-order valence-electron chi connectivity index (χ0n) is 13.7. The zero-order chi connectivity index (χ0) is 17.1. The van der Waals surface area contributed by atoms with Crippen LogP contribution in [0.4, 0.5) is 5.69 Å². The molecule has 0 spiro atoms. The Morgan fingerprint density at radius 3 is 2.61 bits per heavy atom. The number of hydrogen-bond acceptors (Lipinski definition) is 5. The molecule has 124 valence electrons. The van der Waals surface area contributed by atoms with Crippen molar-refractivity contribution in [2.45, 2.75) is 40.3 Å². The first-order valence-corrected chi connectivity index (χ1v) is 7.36. The lowest BCUT2D eigenvalue weighted by Gasteiger charge is -2.14. The van der Waals surface area contributed by atoms with Crippen molar-refractivity contribution in [3.05, 3.63) is 50.8 Å². The van der Waals surface area contributed by atoms with Crippen LogP contribution in [0.3, 0.4) is 0 Å². The maximum absolute atomic E-state index is 11.0. The molecule has 1 N–H and O–H groups in total. The molecule has 0 aliphatic carbocycles. The van der Waals surface area contributed by atoms with E-state index in [-0.39, 0.29) is 18.8 Å². The molecule has 1 unspecified atom stereocenters. The zero-order valence-corrected chi connectivity index (χ0v) is 13.7. The standard InChI is InChI=1S/C16H21N3O4/c1-10-5-6-15(11(2)7-10)23-9-14(20)8-18-13(4)16(19(21)22)12(3)17-18/h5-7,14,20H,8-9H2,1-4H3. The van der Waals surface area contributed by atoms with E-state index in [9.17, 15) is 15.2 Å². The van der Waals surface area contributed by atoms with Crippen LogP contribution in [0.15, 0.2) is 18.2 Å². The molecular formula is C16H21N3O4. The summed E-state index contributed by atoms with van der Waals surface area (Å²) in [5.74, 6) is 0.717. The second-order valence-corrected chi connectivity index (χ2v) is 5.69. The highest BCUT2D eigenvalue weighted by Gasteiger charge is 2.23. The molecule has 0 bridgehead atoms. The number of aryl methyl sites for hydroxylation is 3. The lowest BCUT2D eigenvalue weighted by Crippen LogP contribution is -2.25. The summed E-state index contributed by atoms with van der Waals surface area (Å²) in [4.78, 5) is 10.5. The summed E-state index contributed by atoms with van der Waals surface area (Å²) in [5, 5.41) is 25.2. The molecule has 1 atom stereocenters. The van der Waals surface area contributed by atoms with Crippen molar-refractivity contribution in [3.8, 4) is 5.75 Å². The van der Waals surface area contributed by atoms with Crippen LogP contribution < -0.4 is 4.74 Å². The number of rotatable bonds is 6. The molecule has 0 saturated carbocycles. The third-order valence-corrected chi connectivity index (χ3v) is 3.67. The summed E-state index contributed by atoms with van der Waals surface area (Å²) in [6.45, 7) is 7.39. The Labute approximate surface area is 134 Å². The predicted molar refractivity (Wildman–Crippen MR) is 85.8 cm³/mol. The van der Waals surface area contributed by atoms with E-state index in [1.165, 1.54) is 4.68 Å². The highest BCUT2D eigenvalue weighted by molar-refractivity contribution is 5.39. The van der Waals surface area contributed by atoms with Crippen molar-refractivity contribution >= 4 is 5.69 Å². The van der Waals surface area contributed by atoms with Gasteiger partial charge in [0.05, 0.1) is 11.5 Å². The van der Waals surface area contributed by atoms with E-state index in [4.69, 9.17) is 4.74 Å². The highest BCUT2D eigenvalue weighted by atomic mass is 16.6. The van der Waals surface area contributed by atoms with Gasteiger partial charge < -0.3 is 9.84 Å².